The summed E-state index contributed by atoms with van der Waals surface area (Å²) >= 11 is 0. The lowest BCUT2D eigenvalue weighted by Gasteiger charge is -2.40. The fourth-order valence-electron chi connectivity index (χ4n) is 4.55. The number of rotatable bonds is 4. The number of benzene rings is 1. The smallest absolute Gasteiger partial charge is 0.125 e. The lowest BCUT2D eigenvalue weighted by atomic mass is 9.79. The molecule has 2 aliphatic heterocycles. The zero-order chi connectivity index (χ0) is 18.0. The van der Waals surface area contributed by atoms with Gasteiger partial charge in [-0.2, -0.15) is 0 Å². The van der Waals surface area contributed by atoms with Gasteiger partial charge in [-0.15, -0.1) is 0 Å². The second-order valence-electron chi connectivity index (χ2n) is 8.04. The predicted molar refractivity (Wildman–Crippen MR) is 100 cm³/mol. The van der Waals surface area contributed by atoms with E-state index in [9.17, 15) is 4.39 Å². The van der Waals surface area contributed by atoms with Crippen molar-refractivity contribution in [3.05, 3.63) is 59.4 Å². The van der Waals surface area contributed by atoms with Gasteiger partial charge in [0.2, 0.25) is 0 Å². The van der Waals surface area contributed by atoms with Crippen LogP contribution in [0.5, 0.6) is 0 Å². The van der Waals surface area contributed by atoms with Gasteiger partial charge in [-0.1, -0.05) is 12.1 Å². The number of hydrogen-bond donors (Lipinski definition) is 0. The minimum absolute atomic E-state index is 0.157. The first-order valence-electron chi connectivity index (χ1n) is 9.57. The van der Waals surface area contributed by atoms with Crippen molar-refractivity contribution >= 4 is 0 Å². The monoisotopic (exact) mass is 354 g/mol. The van der Waals surface area contributed by atoms with E-state index in [0.29, 0.717) is 5.41 Å². The third-order valence-corrected chi connectivity index (χ3v) is 5.82. The van der Waals surface area contributed by atoms with Crippen molar-refractivity contribution in [2.24, 2.45) is 5.41 Å². The van der Waals surface area contributed by atoms with Gasteiger partial charge >= 0.3 is 0 Å². The van der Waals surface area contributed by atoms with Crippen LogP contribution < -0.4 is 0 Å². The Hall–Kier alpha value is -1.85. The third-order valence-electron chi connectivity index (χ3n) is 5.82. The molecule has 0 bridgehead atoms. The van der Waals surface area contributed by atoms with Gasteiger partial charge in [-0.05, 0) is 62.4 Å². The number of aromatic nitrogens is 2. The van der Waals surface area contributed by atoms with Crippen LogP contribution in [-0.4, -0.2) is 45.9 Å². The molecule has 0 aliphatic carbocycles. The van der Waals surface area contributed by atoms with Crippen molar-refractivity contribution < 1.29 is 4.39 Å². The zero-order valence-electron chi connectivity index (χ0n) is 15.5. The second-order valence-corrected chi connectivity index (χ2v) is 8.04. The van der Waals surface area contributed by atoms with E-state index in [-0.39, 0.29) is 5.82 Å². The molecule has 1 aromatic heterocycles. The van der Waals surface area contributed by atoms with Crippen LogP contribution in [0.15, 0.2) is 36.7 Å². The van der Waals surface area contributed by atoms with Crippen LogP contribution >= 0.6 is 0 Å². The molecule has 1 spiro atoms. The number of nitrogens with zero attached hydrogens (tertiary/aromatic N) is 4. The molecular weight excluding hydrogens is 327 g/mol. The molecular formula is C21H27FN4. The van der Waals surface area contributed by atoms with E-state index < -0.39 is 0 Å². The SMILES string of the molecule is Cc1ncc(CN2CCC3(CCCN(Cc4ccc(F)cc4)C3)C2)cn1. The van der Waals surface area contributed by atoms with Crippen LogP contribution in [0, 0.1) is 18.2 Å². The molecule has 0 radical (unpaired) electrons. The average Bonchev–Trinajstić information content (AvgIpc) is 3.01. The van der Waals surface area contributed by atoms with Gasteiger partial charge in [0.05, 0.1) is 0 Å². The zero-order valence-corrected chi connectivity index (χ0v) is 15.5. The van der Waals surface area contributed by atoms with Crippen molar-refractivity contribution in [3.8, 4) is 0 Å². The Labute approximate surface area is 155 Å². The van der Waals surface area contributed by atoms with E-state index in [4.69, 9.17) is 0 Å². The Morgan fingerprint density at radius 2 is 1.58 bits per heavy atom. The number of halogens is 1. The van der Waals surface area contributed by atoms with E-state index in [0.717, 1.165) is 45.1 Å². The Kier molecular flexibility index (Phi) is 5.00. The maximum Gasteiger partial charge on any atom is 0.125 e. The Balaban J connectivity index is 1.36. The highest BCUT2D eigenvalue weighted by Gasteiger charge is 2.41. The standard InChI is InChI=1S/C21H27FN4/c1-17-23-11-19(12-24-17)14-26-10-8-21(16-26)7-2-9-25(15-21)13-18-3-5-20(22)6-4-18/h3-6,11-12H,2,7-10,13-16H2,1H3. The molecule has 5 heteroatoms. The highest BCUT2D eigenvalue weighted by atomic mass is 19.1. The molecule has 2 aliphatic rings. The molecule has 0 N–H and O–H groups in total. The van der Waals surface area contributed by atoms with Crippen molar-refractivity contribution in [1.82, 2.24) is 19.8 Å². The second kappa shape index (κ2) is 7.41. The van der Waals surface area contributed by atoms with Crippen molar-refractivity contribution in [1.29, 1.82) is 0 Å². The normalized spacial score (nSPS) is 24.4. The van der Waals surface area contributed by atoms with Crippen LogP contribution in [0.2, 0.25) is 0 Å². The molecule has 138 valence electrons. The van der Waals surface area contributed by atoms with Gasteiger partial charge in [0.15, 0.2) is 0 Å². The number of likely N-dealkylation sites (tertiary alicyclic amines) is 2. The maximum absolute atomic E-state index is 13.1. The lowest BCUT2D eigenvalue weighted by Crippen LogP contribution is -2.44. The summed E-state index contributed by atoms with van der Waals surface area (Å²) in [6.07, 6.45) is 7.74. The van der Waals surface area contributed by atoms with E-state index >= 15 is 0 Å². The Morgan fingerprint density at radius 1 is 0.923 bits per heavy atom. The van der Waals surface area contributed by atoms with Crippen molar-refractivity contribution in [3.63, 3.8) is 0 Å². The quantitative estimate of drug-likeness (QED) is 0.842. The van der Waals surface area contributed by atoms with Crippen molar-refractivity contribution in [2.45, 2.75) is 39.3 Å². The molecule has 0 amide bonds. The first-order valence-corrected chi connectivity index (χ1v) is 9.57. The summed E-state index contributed by atoms with van der Waals surface area (Å²) in [5.41, 5.74) is 2.81. The molecule has 4 nitrogen and oxygen atoms in total. The average molecular weight is 354 g/mol. The fraction of sp³-hybridized carbons (Fsp3) is 0.524. The molecule has 2 fully saturated rings. The summed E-state index contributed by atoms with van der Waals surface area (Å²) in [6.45, 7) is 8.38. The van der Waals surface area contributed by atoms with Gasteiger partial charge in [0.25, 0.3) is 0 Å². The van der Waals surface area contributed by atoms with E-state index in [1.807, 2.05) is 31.5 Å². The Morgan fingerprint density at radius 3 is 2.31 bits per heavy atom. The molecule has 0 saturated carbocycles. The minimum Gasteiger partial charge on any atom is -0.298 e. The summed E-state index contributed by atoms with van der Waals surface area (Å²) < 4.78 is 13.1. The predicted octanol–water partition coefficient (Wildman–Crippen LogP) is 3.41. The van der Waals surface area contributed by atoms with Gasteiger partial charge < -0.3 is 0 Å². The number of piperidine rings is 1. The maximum atomic E-state index is 13.1. The minimum atomic E-state index is -0.157. The van der Waals surface area contributed by atoms with Crippen LogP contribution in [0.3, 0.4) is 0 Å². The van der Waals surface area contributed by atoms with Gasteiger partial charge in [0.1, 0.15) is 11.6 Å². The lowest BCUT2D eigenvalue weighted by molar-refractivity contribution is 0.0866. The van der Waals surface area contributed by atoms with Gasteiger partial charge in [-0.3, -0.25) is 9.80 Å². The van der Waals surface area contributed by atoms with Crippen LogP contribution in [0.25, 0.3) is 0 Å². The molecule has 2 saturated heterocycles. The fourth-order valence-corrected chi connectivity index (χ4v) is 4.55. The molecule has 2 aromatic rings. The third kappa shape index (κ3) is 4.10. The largest absolute Gasteiger partial charge is 0.298 e. The van der Waals surface area contributed by atoms with Gasteiger partial charge in [-0.25, -0.2) is 14.4 Å². The van der Waals surface area contributed by atoms with Crippen LogP contribution in [0.4, 0.5) is 4.39 Å². The molecule has 3 heterocycles. The topological polar surface area (TPSA) is 32.3 Å². The molecule has 26 heavy (non-hydrogen) atoms. The summed E-state index contributed by atoms with van der Waals surface area (Å²) in [5.74, 6) is 0.672. The first kappa shape index (κ1) is 17.6. The summed E-state index contributed by atoms with van der Waals surface area (Å²) in [5, 5.41) is 0. The molecule has 4 rings (SSSR count). The molecule has 1 unspecified atom stereocenters. The van der Waals surface area contributed by atoms with Gasteiger partial charge in [0, 0.05) is 44.1 Å². The van der Waals surface area contributed by atoms with E-state index in [1.54, 1.807) is 12.1 Å². The van der Waals surface area contributed by atoms with Crippen LogP contribution in [0.1, 0.15) is 36.2 Å². The van der Waals surface area contributed by atoms with E-state index in [1.165, 1.54) is 30.4 Å². The highest BCUT2D eigenvalue weighted by molar-refractivity contribution is 5.16. The Bertz CT molecular complexity index is 731. The molecule has 1 atom stereocenters. The summed E-state index contributed by atoms with van der Waals surface area (Å²) in [4.78, 5) is 13.7. The highest BCUT2D eigenvalue weighted by Crippen LogP contribution is 2.39. The summed E-state index contributed by atoms with van der Waals surface area (Å²) in [7, 11) is 0. The molecule has 1 aromatic carbocycles. The van der Waals surface area contributed by atoms with Crippen LogP contribution in [-0.2, 0) is 13.1 Å². The van der Waals surface area contributed by atoms with Crippen molar-refractivity contribution in [2.75, 3.05) is 26.2 Å². The summed E-state index contributed by atoms with van der Waals surface area (Å²) in [6, 6.07) is 6.95. The number of hydrogen-bond acceptors (Lipinski definition) is 4. The first-order chi connectivity index (χ1) is 12.6. The number of aryl methyl sites for hydroxylation is 1. The van der Waals surface area contributed by atoms with E-state index in [2.05, 4.69) is 19.8 Å².